The normalized spacial score (nSPS) is 17.7. The Labute approximate surface area is 99.2 Å². The van der Waals surface area contributed by atoms with Crippen LogP contribution < -0.4 is 5.73 Å². The van der Waals surface area contributed by atoms with Crippen molar-refractivity contribution in [1.82, 2.24) is 0 Å². The van der Waals surface area contributed by atoms with E-state index in [9.17, 15) is 13.2 Å². The monoisotopic (exact) mass is 255 g/mol. The molecule has 0 spiro atoms. The zero-order valence-electron chi connectivity index (χ0n) is 9.04. The standard InChI is InChI=1S/C11H13NO4S/c12-10(11(13)14)7-1-3-8(4-2-7)17(15,16)9-5-6-9/h1-4,9-10H,5-6,12H2,(H,13,14). The highest BCUT2D eigenvalue weighted by Crippen LogP contribution is 2.33. The maximum atomic E-state index is 11.9. The molecule has 1 aromatic carbocycles. The number of hydrogen-bond acceptors (Lipinski definition) is 4. The van der Waals surface area contributed by atoms with Crippen molar-refractivity contribution in [2.75, 3.05) is 0 Å². The summed E-state index contributed by atoms with van der Waals surface area (Å²) < 4.78 is 23.7. The highest BCUT2D eigenvalue weighted by Gasteiger charge is 2.36. The highest BCUT2D eigenvalue weighted by molar-refractivity contribution is 7.92. The largest absolute Gasteiger partial charge is 0.480 e. The lowest BCUT2D eigenvalue weighted by molar-refractivity contribution is -0.138. The molecule has 1 atom stereocenters. The lowest BCUT2D eigenvalue weighted by Gasteiger charge is -2.08. The number of carboxylic acid groups (broad SMARTS) is 1. The lowest BCUT2D eigenvalue weighted by atomic mass is 10.1. The van der Waals surface area contributed by atoms with Crippen molar-refractivity contribution in [3.8, 4) is 0 Å². The van der Waals surface area contributed by atoms with Crippen molar-refractivity contribution in [1.29, 1.82) is 0 Å². The number of benzene rings is 1. The van der Waals surface area contributed by atoms with Crippen LogP contribution in [0.4, 0.5) is 0 Å². The van der Waals surface area contributed by atoms with Gasteiger partial charge in [0.05, 0.1) is 10.1 Å². The molecule has 92 valence electrons. The minimum Gasteiger partial charge on any atom is -0.480 e. The first kappa shape index (κ1) is 12.1. The predicted molar refractivity (Wildman–Crippen MR) is 61.2 cm³/mol. The first-order valence-electron chi connectivity index (χ1n) is 5.25. The summed E-state index contributed by atoms with van der Waals surface area (Å²) in [4.78, 5) is 10.9. The molecule has 17 heavy (non-hydrogen) atoms. The molecule has 5 nitrogen and oxygen atoms in total. The van der Waals surface area contributed by atoms with Crippen LogP contribution in [-0.2, 0) is 14.6 Å². The number of rotatable bonds is 4. The molecule has 6 heteroatoms. The predicted octanol–water partition coefficient (Wildman–Crippen LogP) is 0.707. The summed E-state index contributed by atoms with van der Waals surface area (Å²) in [6, 6.07) is 4.63. The smallest absolute Gasteiger partial charge is 0.325 e. The fourth-order valence-corrected chi connectivity index (χ4v) is 3.24. The second-order valence-electron chi connectivity index (χ2n) is 4.13. The van der Waals surface area contributed by atoms with Crippen molar-refractivity contribution in [3.63, 3.8) is 0 Å². The summed E-state index contributed by atoms with van der Waals surface area (Å²) in [5.41, 5.74) is 5.82. The van der Waals surface area contributed by atoms with Crippen molar-refractivity contribution >= 4 is 15.8 Å². The lowest BCUT2D eigenvalue weighted by Crippen LogP contribution is -2.20. The molecular formula is C11H13NO4S. The molecule has 2 rings (SSSR count). The van der Waals surface area contributed by atoms with Gasteiger partial charge in [0.25, 0.3) is 0 Å². The van der Waals surface area contributed by atoms with Crippen molar-refractivity contribution in [2.24, 2.45) is 5.73 Å². The zero-order valence-corrected chi connectivity index (χ0v) is 9.85. The van der Waals surface area contributed by atoms with E-state index >= 15 is 0 Å². The van der Waals surface area contributed by atoms with Crippen LogP contribution in [0.3, 0.4) is 0 Å². The van der Waals surface area contributed by atoms with Crippen LogP contribution in [0.5, 0.6) is 0 Å². The topological polar surface area (TPSA) is 97.5 Å². The molecule has 0 aromatic heterocycles. The zero-order chi connectivity index (χ0) is 12.6. The van der Waals surface area contributed by atoms with E-state index in [2.05, 4.69) is 0 Å². The van der Waals surface area contributed by atoms with E-state index < -0.39 is 21.8 Å². The molecule has 3 N–H and O–H groups in total. The third-order valence-corrected chi connectivity index (χ3v) is 5.08. The van der Waals surface area contributed by atoms with Gasteiger partial charge in [0.1, 0.15) is 6.04 Å². The Morgan fingerprint density at radius 3 is 2.24 bits per heavy atom. The molecule has 1 aromatic rings. The molecule has 1 fully saturated rings. The molecule has 1 saturated carbocycles. The number of sulfone groups is 1. The number of hydrogen-bond donors (Lipinski definition) is 2. The summed E-state index contributed by atoms with van der Waals surface area (Å²) in [7, 11) is -3.22. The van der Waals surface area contributed by atoms with E-state index in [1.807, 2.05) is 0 Å². The van der Waals surface area contributed by atoms with Crippen LogP contribution in [-0.4, -0.2) is 24.7 Å². The van der Waals surface area contributed by atoms with Gasteiger partial charge in [-0.3, -0.25) is 4.79 Å². The Kier molecular flexibility index (Phi) is 2.92. The molecule has 0 bridgehead atoms. The molecular weight excluding hydrogens is 242 g/mol. The molecule has 0 amide bonds. The quantitative estimate of drug-likeness (QED) is 0.825. The summed E-state index contributed by atoms with van der Waals surface area (Å²) in [6.07, 6.45) is 1.41. The number of carboxylic acids is 1. The summed E-state index contributed by atoms with van der Waals surface area (Å²) in [5.74, 6) is -1.14. The molecule has 1 aliphatic rings. The number of aliphatic carboxylic acids is 1. The Morgan fingerprint density at radius 1 is 1.29 bits per heavy atom. The van der Waals surface area contributed by atoms with Gasteiger partial charge in [0.2, 0.25) is 0 Å². The number of nitrogens with two attached hydrogens (primary N) is 1. The second kappa shape index (κ2) is 4.12. The van der Waals surface area contributed by atoms with Gasteiger partial charge in [-0.05, 0) is 30.5 Å². The van der Waals surface area contributed by atoms with Gasteiger partial charge in [-0.2, -0.15) is 0 Å². The van der Waals surface area contributed by atoms with Gasteiger partial charge < -0.3 is 10.8 Å². The maximum Gasteiger partial charge on any atom is 0.325 e. The number of carbonyl (C=O) groups is 1. The van der Waals surface area contributed by atoms with Crippen LogP contribution in [0.1, 0.15) is 24.4 Å². The average Bonchev–Trinajstić information content (AvgIpc) is 3.12. The van der Waals surface area contributed by atoms with Gasteiger partial charge in [0.15, 0.2) is 9.84 Å². The van der Waals surface area contributed by atoms with Gasteiger partial charge in [0, 0.05) is 0 Å². The van der Waals surface area contributed by atoms with Crippen LogP contribution in [0.25, 0.3) is 0 Å². The van der Waals surface area contributed by atoms with Crippen LogP contribution in [0.15, 0.2) is 29.2 Å². The molecule has 0 radical (unpaired) electrons. The minimum atomic E-state index is -3.22. The molecule has 0 aliphatic heterocycles. The van der Waals surface area contributed by atoms with Crippen molar-refractivity contribution in [3.05, 3.63) is 29.8 Å². The van der Waals surface area contributed by atoms with Gasteiger partial charge >= 0.3 is 5.97 Å². The average molecular weight is 255 g/mol. The second-order valence-corrected chi connectivity index (χ2v) is 6.36. The maximum absolute atomic E-state index is 11.9. The first-order valence-corrected chi connectivity index (χ1v) is 6.80. The van der Waals surface area contributed by atoms with Crippen LogP contribution in [0, 0.1) is 0 Å². The van der Waals surface area contributed by atoms with E-state index in [1.54, 1.807) is 0 Å². The molecule has 1 unspecified atom stereocenters. The molecule has 0 heterocycles. The first-order chi connectivity index (χ1) is 7.93. The summed E-state index contributed by atoms with van der Waals surface area (Å²) in [6.45, 7) is 0. The SMILES string of the molecule is NC(C(=O)O)c1ccc(S(=O)(=O)C2CC2)cc1. The van der Waals surface area contributed by atoms with Gasteiger partial charge in [-0.1, -0.05) is 12.1 Å². The fourth-order valence-electron chi connectivity index (χ4n) is 1.58. The Bertz CT molecular complexity index is 531. The third-order valence-electron chi connectivity index (χ3n) is 2.80. The van der Waals surface area contributed by atoms with Gasteiger partial charge in [-0.15, -0.1) is 0 Å². The van der Waals surface area contributed by atoms with Crippen LogP contribution >= 0.6 is 0 Å². The van der Waals surface area contributed by atoms with E-state index in [0.29, 0.717) is 18.4 Å². The molecule has 0 saturated heterocycles. The van der Waals surface area contributed by atoms with E-state index in [0.717, 1.165) is 0 Å². The highest BCUT2D eigenvalue weighted by atomic mass is 32.2. The van der Waals surface area contributed by atoms with Crippen LogP contribution in [0.2, 0.25) is 0 Å². The van der Waals surface area contributed by atoms with E-state index in [1.165, 1.54) is 24.3 Å². The fraction of sp³-hybridized carbons (Fsp3) is 0.364. The van der Waals surface area contributed by atoms with E-state index in [-0.39, 0.29) is 10.1 Å². The third kappa shape index (κ3) is 2.32. The van der Waals surface area contributed by atoms with Gasteiger partial charge in [-0.25, -0.2) is 8.42 Å². The molecule has 1 aliphatic carbocycles. The summed E-state index contributed by atoms with van der Waals surface area (Å²) >= 11 is 0. The van der Waals surface area contributed by atoms with Crippen molar-refractivity contribution in [2.45, 2.75) is 29.0 Å². The minimum absolute atomic E-state index is 0.237. The Morgan fingerprint density at radius 2 is 1.82 bits per heavy atom. The Hall–Kier alpha value is -1.40. The van der Waals surface area contributed by atoms with Crippen molar-refractivity contribution < 1.29 is 18.3 Å². The summed E-state index contributed by atoms with van der Waals surface area (Å²) in [5, 5.41) is 8.46. The Balaban J connectivity index is 2.27. The van der Waals surface area contributed by atoms with E-state index in [4.69, 9.17) is 10.8 Å².